The van der Waals surface area contributed by atoms with Gasteiger partial charge < -0.3 is 15.3 Å². The average Bonchev–Trinajstić information content (AvgIpc) is 2.73. The first-order valence-corrected chi connectivity index (χ1v) is 11.9. The molecule has 5 aliphatic rings. The molecule has 1 aromatic carbocycles. The maximum atomic E-state index is 13.0. The van der Waals surface area contributed by atoms with Crippen molar-refractivity contribution >= 4 is 11.8 Å². The molecule has 5 heteroatoms. The second-order valence-electron chi connectivity index (χ2n) is 10.5. The molecule has 162 valence electrons. The molecule has 0 aromatic heterocycles. The van der Waals surface area contributed by atoms with Crippen LogP contribution in [0.15, 0.2) is 24.3 Å². The first-order chi connectivity index (χ1) is 14.5. The van der Waals surface area contributed by atoms with E-state index in [1.165, 1.54) is 24.8 Å². The number of amides is 2. The molecule has 0 unspecified atom stereocenters. The summed E-state index contributed by atoms with van der Waals surface area (Å²) in [7, 11) is 0. The number of likely N-dealkylation sites (tertiary alicyclic amines) is 1. The van der Waals surface area contributed by atoms with Gasteiger partial charge in [0.2, 0.25) is 11.8 Å². The Hall–Kier alpha value is -2.04. The van der Waals surface area contributed by atoms with Gasteiger partial charge in [-0.1, -0.05) is 12.1 Å². The van der Waals surface area contributed by atoms with Gasteiger partial charge in [0.1, 0.15) is 5.75 Å². The minimum Gasteiger partial charge on any atom is -0.508 e. The highest BCUT2D eigenvalue weighted by molar-refractivity contribution is 5.84. The Morgan fingerprint density at radius 3 is 2.10 bits per heavy atom. The van der Waals surface area contributed by atoms with Crippen LogP contribution in [0.2, 0.25) is 0 Å². The van der Waals surface area contributed by atoms with Crippen molar-refractivity contribution in [3.05, 3.63) is 29.8 Å². The third-order valence-corrected chi connectivity index (χ3v) is 8.36. The lowest BCUT2D eigenvalue weighted by molar-refractivity contribution is -0.146. The summed E-state index contributed by atoms with van der Waals surface area (Å²) in [5, 5.41) is 12.6. The standard InChI is InChI=1S/C25H34N2O3/c28-22-3-1-20(2-4-22)21-6-9-27(10-7-21)23(29)5-8-26-24(30)25-14-17-11-18(15-25)13-19(12-17)16-25/h1-4,17-19,21,28H,5-16H2,(H,26,30). The molecule has 1 saturated heterocycles. The number of phenols is 1. The molecular weight excluding hydrogens is 376 g/mol. The Morgan fingerprint density at radius 1 is 0.967 bits per heavy atom. The molecule has 1 aromatic rings. The average molecular weight is 411 g/mol. The zero-order valence-electron chi connectivity index (χ0n) is 17.8. The zero-order chi connectivity index (χ0) is 20.7. The summed E-state index contributed by atoms with van der Waals surface area (Å²) in [6, 6.07) is 7.44. The monoisotopic (exact) mass is 410 g/mol. The second kappa shape index (κ2) is 7.90. The van der Waals surface area contributed by atoms with Crippen molar-refractivity contribution < 1.29 is 14.7 Å². The van der Waals surface area contributed by atoms with Crippen LogP contribution in [-0.2, 0) is 9.59 Å². The number of aromatic hydroxyl groups is 1. The van der Waals surface area contributed by atoms with Gasteiger partial charge in [0.15, 0.2) is 0 Å². The summed E-state index contributed by atoms with van der Waals surface area (Å²) in [5.74, 6) is 3.41. The number of nitrogens with one attached hydrogen (secondary N) is 1. The SMILES string of the molecule is O=C(CCNC(=O)C12CC3CC(CC(C3)C1)C2)N1CCC(c2ccc(O)cc2)CC1. The van der Waals surface area contributed by atoms with Gasteiger partial charge in [0.25, 0.3) is 0 Å². The van der Waals surface area contributed by atoms with Crippen molar-refractivity contribution in [1.29, 1.82) is 0 Å². The Morgan fingerprint density at radius 2 is 1.53 bits per heavy atom. The topological polar surface area (TPSA) is 69.6 Å². The van der Waals surface area contributed by atoms with E-state index in [0.717, 1.165) is 62.9 Å². The molecule has 4 saturated carbocycles. The normalized spacial score (nSPS) is 32.9. The molecule has 1 aliphatic heterocycles. The lowest BCUT2D eigenvalue weighted by Gasteiger charge is -2.55. The Balaban J connectivity index is 1.07. The van der Waals surface area contributed by atoms with Gasteiger partial charge in [-0.25, -0.2) is 0 Å². The summed E-state index contributed by atoms with van der Waals surface area (Å²) in [5.41, 5.74) is 1.11. The molecular formula is C25H34N2O3. The Bertz CT molecular complexity index is 760. The number of nitrogens with zero attached hydrogens (tertiary/aromatic N) is 1. The van der Waals surface area contributed by atoms with E-state index >= 15 is 0 Å². The summed E-state index contributed by atoms with van der Waals surface area (Å²) in [4.78, 5) is 27.6. The second-order valence-corrected chi connectivity index (χ2v) is 10.5. The first-order valence-electron chi connectivity index (χ1n) is 11.9. The van der Waals surface area contributed by atoms with E-state index in [1.807, 2.05) is 17.0 Å². The van der Waals surface area contributed by atoms with Crippen molar-refractivity contribution in [2.75, 3.05) is 19.6 Å². The lowest BCUT2D eigenvalue weighted by Crippen LogP contribution is -2.53. The van der Waals surface area contributed by atoms with Crippen molar-refractivity contribution in [2.24, 2.45) is 23.2 Å². The molecule has 4 aliphatic carbocycles. The number of carbonyl (C=O) groups excluding carboxylic acids is 2. The first kappa shape index (κ1) is 19.9. The molecule has 2 amide bonds. The molecule has 1 heterocycles. The molecule has 0 atom stereocenters. The minimum atomic E-state index is -0.125. The van der Waals surface area contributed by atoms with Crippen LogP contribution >= 0.6 is 0 Å². The number of carbonyl (C=O) groups is 2. The molecule has 5 nitrogen and oxygen atoms in total. The molecule has 0 spiro atoms. The van der Waals surface area contributed by atoms with Gasteiger partial charge in [0, 0.05) is 31.5 Å². The van der Waals surface area contributed by atoms with Gasteiger partial charge in [-0.15, -0.1) is 0 Å². The van der Waals surface area contributed by atoms with Crippen molar-refractivity contribution in [3.8, 4) is 5.75 Å². The van der Waals surface area contributed by atoms with Crippen LogP contribution in [0.1, 0.15) is 69.3 Å². The third kappa shape index (κ3) is 3.83. The Kier molecular flexibility index (Phi) is 5.24. The third-order valence-electron chi connectivity index (χ3n) is 8.36. The van der Waals surface area contributed by atoms with Crippen LogP contribution in [0.5, 0.6) is 5.75 Å². The highest BCUT2D eigenvalue weighted by atomic mass is 16.3. The fourth-order valence-electron chi connectivity index (χ4n) is 7.23. The van der Waals surface area contributed by atoms with Crippen molar-refractivity contribution in [1.82, 2.24) is 10.2 Å². The van der Waals surface area contributed by atoms with Crippen LogP contribution in [0.3, 0.4) is 0 Å². The lowest BCUT2D eigenvalue weighted by atomic mass is 9.49. The van der Waals surface area contributed by atoms with Crippen LogP contribution < -0.4 is 5.32 Å². The number of benzene rings is 1. The van der Waals surface area contributed by atoms with E-state index in [4.69, 9.17) is 0 Å². The zero-order valence-corrected chi connectivity index (χ0v) is 17.8. The fraction of sp³-hybridized carbons (Fsp3) is 0.680. The van der Waals surface area contributed by atoms with Crippen LogP contribution in [-0.4, -0.2) is 41.5 Å². The van der Waals surface area contributed by atoms with E-state index < -0.39 is 0 Å². The molecule has 30 heavy (non-hydrogen) atoms. The van der Waals surface area contributed by atoms with Gasteiger partial charge in [0.05, 0.1) is 0 Å². The smallest absolute Gasteiger partial charge is 0.226 e. The van der Waals surface area contributed by atoms with E-state index in [1.54, 1.807) is 12.1 Å². The number of hydrogen-bond acceptors (Lipinski definition) is 3. The molecule has 5 fully saturated rings. The highest BCUT2D eigenvalue weighted by Gasteiger charge is 2.54. The summed E-state index contributed by atoms with van der Waals surface area (Å²) in [6.45, 7) is 2.01. The van der Waals surface area contributed by atoms with Gasteiger partial charge >= 0.3 is 0 Å². The summed E-state index contributed by atoms with van der Waals surface area (Å²) < 4.78 is 0. The van der Waals surface area contributed by atoms with E-state index in [0.29, 0.717) is 24.6 Å². The van der Waals surface area contributed by atoms with Crippen LogP contribution in [0.25, 0.3) is 0 Å². The maximum Gasteiger partial charge on any atom is 0.226 e. The van der Waals surface area contributed by atoms with Gasteiger partial charge in [-0.05, 0) is 92.7 Å². The van der Waals surface area contributed by atoms with Crippen molar-refractivity contribution in [3.63, 3.8) is 0 Å². The largest absolute Gasteiger partial charge is 0.508 e. The van der Waals surface area contributed by atoms with Crippen molar-refractivity contribution in [2.45, 2.75) is 63.7 Å². The number of piperidine rings is 1. The number of rotatable bonds is 5. The number of phenolic OH excluding ortho intramolecular Hbond substituents is 1. The van der Waals surface area contributed by atoms with E-state index in [2.05, 4.69) is 5.32 Å². The summed E-state index contributed by atoms with van der Waals surface area (Å²) >= 11 is 0. The van der Waals surface area contributed by atoms with Crippen LogP contribution in [0.4, 0.5) is 0 Å². The molecule has 2 N–H and O–H groups in total. The molecule has 0 radical (unpaired) electrons. The minimum absolute atomic E-state index is 0.125. The van der Waals surface area contributed by atoms with Gasteiger partial charge in [-0.3, -0.25) is 9.59 Å². The van der Waals surface area contributed by atoms with E-state index in [-0.39, 0.29) is 17.2 Å². The predicted molar refractivity (Wildman–Crippen MR) is 115 cm³/mol. The Labute approximate surface area is 179 Å². The molecule has 6 rings (SSSR count). The predicted octanol–water partition coefficient (Wildman–Crippen LogP) is 3.82. The quantitative estimate of drug-likeness (QED) is 0.775. The molecule has 4 bridgehead atoms. The van der Waals surface area contributed by atoms with Gasteiger partial charge in [-0.2, -0.15) is 0 Å². The van der Waals surface area contributed by atoms with E-state index in [9.17, 15) is 14.7 Å². The van der Waals surface area contributed by atoms with Crippen LogP contribution in [0, 0.1) is 23.2 Å². The number of hydrogen-bond donors (Lipinski definition) is 2. The maximum absolute atomic E-state index is 13.0. The highest BCUT2D eigenvalue weighted by Crippen LogP contribution is 2.60. The summed E-state index contributed by atoms with van der Waals surface area (Å²) in [6.07, 6.45) is 9.55. The fourth-order valence-corrected chi connectivity index (χ4v) is 7.23.